The average molecular weight is 273 g/mol. The van der Waals surface area contributed by atoms with Crippen LogP contribution < -0.4 is 16.4 Å². The summed E-state index contributed by atoms with van der Waals surface area (Å²) in [7, 11) is 3.42. The van der Waals surface area contributed by atoms with Gasteiger partial charge in [0.05, 0.1) is 0 Å². The minimum atomic E-state index is -0.101. The molecule has 106 valence electrons. The molecule has 0 aliphatic carbocycles. The van der Waals surface area contributed by atoms with Crippen molar-refractivity contribution in [3.8, 4) is 0 Å². The van der Waals surface area contributed by atoms with Gasteiger partial charge in [0.25, 0.3) is 0 Å². The molecule has 0 saturated carbocycles. The number of anilines is 2. The number of nitrogens with one attached hydrogen (secondary N) is 2. The molecule has 6 nitrogen and oxygen atoms in total. The van der Waals surface area contributed by atoms with Crippen molar-refractivity contribution in [2.75, 3.05) is 38.2 Å². The van der Waals surface area contributed by atoms with Crippen molar-refractivity contribution in [2.45, 2.75) is 0 Å². The highest BCUT2D eigenvalue weighted by atomic mass is 16.2. The fourth-order valence-electron chi connectivity index (χ4n) is 1.89. The van der Waals surface area contributed by atoms with E-state index in [0.717, 1.165) is 22.1 Å². The van der Waals surface area contributed by atoms with Crippen LogP contribution in [0.2, 0.25) is 0 Å². The number of hydrogen-bond acceptors (Lipinski definition) is 4. The Kier molecular flexibility index (Phi) is 4.24. The lowest BCUT2D eigenvalue weighted by Crippen LogP contribution is -2.37. The normalized spacial score (nSPS) is 10.3. The molecule has 0 saturated heterocycles. The van der Waals surface area contributed by atoms with E-state index in [4.69, 9.17) is 5.73 Å². The lowest BCUT2D eigenvalue weighted by Gasteiger charge is -2.14. The van der Waals surface area contributed by atoms with E-state index in [1.807, 2.05) is 18.2 Å². The zero-order valence-electron chi connectivity index (χ0n) is 11.7. The van der Waals surface area contributed by atoms with Crippen molar-refractivity contribution in [1.29, 1.82) is 0 Å². The number of amides is 2. The van der Waals surface area contributed by atoms with Crippen molar-refractivity contribution in [1.82, 2.24) is 15.2 Å². The van der Waals surface area contributed by atoms with E-state index >= 15 is 0 Å². The summed E-state index contributed by atoms with van der Waals surface area (Å²) in [5, 5.41) is 8.03. The number of fused-ring (bicyclic) bond motifs is 1. The fraction of sp³-hybridized carbons (Fsp3) is 0.286. The zero-order chi connectivity index (χ0) is 14.5. The van der Waals surface area contributed by atoms with Gasteiger partial charge in [-0.1, -0.05) is 0 Å². The number of hydrogen-bond donors (Lipinski definition) is 3. The number of nitrogens with zero attached hydrogens (tertiary/aromatic N) is 2. The molecule has 0 unspecified atom stereocenters. The predicted molar refractivity (Wildman–Crippen MR) is 81.7 cm³/mol. The first-order valence-corrected chi connectivity index (χ1v) is 6.41. The van der Waals surface area contributed by atoms with Crippen LogP contribution in [0, 0.1) is 0 Å². The summed E-state index contributed by atoms with van der Waals surface area (Å²) in [6.45, 7) is 1.18. The number of urea groups is 1. The maximum absolute atomic E-state index is 11.4. The standard InChI is InChI=1S/C14H19N5O/c1-19(2)14(20)18-8-7-17-13-4-3-12(15)10-5-6-16-9-11(10)13/h3-6,9,17H,7-8,15H2,1-2H3,(H,18,20). The van der Waals surface area contributed by atoms with Crippen LogP contribution in [0.5, 0.6) is 0 Å². The molecule has 2 aromatic rings. The first-order chi connectivity index (χ1) is 9.59. The Morgan fingerprint density at radius 2 is 2.05 bits per heavy atom. The van der Waals surface area contributed by atoms with E-state index in [2.05, 4.69) is 15.6 Å². The van der Waals surface area contributed by atoms with E-state index in [9.17, 15) is 4.79 Å². The Balaban J connectivity index is 2.00. The van der Waals surface area contributed by atoms with Crippen LogP contribution in [0.4, 0.5) is 16.2 Å². The molecule has 0 atom stereocenters. The second-order valence-corrected chi connectivity index (χ2v) is 4.68. The molecular weight excluding hydrogens is 254 g/mol. The number of carbonyl (C=O) groups is 1. The molecule has 1 aromatic carbocycles. The Morgan fingerprint density at radius 3 is 2.80 bits per heavy atom. The van der Waals surface area contributed by atoms with Gasteiger partial charge in [-0.25, -0.2) is 4.79 Å². The highest BCUT2D eigenvalue weighted by Gasteiger charge is 2.04. The summed E-state index contributed by atoms with van der Waals surface area (Å²) < 4.78 is 0. The summed E-state index contributed by atoms with van der Waals surface area (Å²) in [5.74, 6) is 0. The Hall–Kier alpha value is -2.50. The molecule has 0 spiro atoms. The first kappa shape index (κ1) is 13.9. The molecule has 4 N–H and O–H groups in total. The van der Waals surface area contributed by atoms with Crippen molar-refractivity contribution in [2.24, 2.45) is 0 Å². The van der Waals surface area contributed by atoms with Crippen LogP contribution in [0.1, 0.15) is 0 Å². The smallest absolute Gasteiger partial charge is 0.316 e. The summed E-state index contributed by atoms with van der Waals surface area (Å²) >= 11 is 0. The second kappa shape index (κ2) is 6.10. The number of pyridine rings is 1. The third-order valence-corrected chi connectivity index (χ3v) is 2.97. The molecular formula is C14H19N5O. The third kappa shape index (κ3) is 3.09. The third-order valence-electron chi connectivity index (χ3n) is 2.97. The van der Waals surface area contributed by atoms with Gasteiger partial charge in [0.2, 0.25) is 0 Å². The van der Waals surface area contributed by atoms with Crippen molar-refractivity contribution in [3.05, 3.63) is 30.6 Å². The molecule has 20 heavy (non-hydrogen) atoms. The van der Waals surface area contributed by atoms with Crippen molar-refractivity contribution in [3.63, 3.8) is 0 Å². The maximum Gasteiger partial charge on any atom is 0.316 e. The first-order valence-electron chi connectivity index (χ1n) is 6.41. The monoisotopic (exact) mass is 273 g/mol. The minimum absolute atomic E-state index is 0.101. The molecule has 2 amide bonds. The van der Waals surface area contributed by atoms with Gasteiger partial charge >= 0.3 is 6.03 Å². The van der Waals surface area contributed by atoms with Crippen LogP contribution in [0.3, 0.4) is 0 Å². The summed E-state index contributed by atoms with van der Waals surface area (Å²) in [6.07, 6.45) is 3.51. The van der Waals surface area contributed by atoms with Gasteiger partial charge in [-0.3, -0.25) is 4.98 Å². The van der Waals surface area contributed by atoms with Crippen molar-refractivity contribution >= 4 is 28.2 Å². The van der Waals surface area contributed by atoms with Gasteiger partial charge in [0.1, 0.15) is 0 Å². The lowest BCUT2D eigenvalue weighted by molar-refractivity contribution is 0.218. The lowest BCUT2D eigenvalue weighted by atomic mass is 10.1. The van der Waals surface area contributed by atoms with Crippen LogP contribution in [-0.4, -0.2) is 43.1 Å². The van der Waals surface area contributed by atoms with Gasteiger partial charge in [-0.05, 0) is 18.2 Å². The van der Waals surface area contributed by atoms with E-state index < -0.39 is 0 Å². The molecule has 0 aliphatic heterocycles. The van der Waals surface area contributed by atoms with Gasteiger partial charge in [0.15, 0.2) is 0 Å². The quantitative estimate of drug-likeness (QED) is 0.582. The van der Waals surface area contributed by atoms with Crippen LogP contribution in [0.25, 0.3) is 10.8 Å². The minimum Gasteiger partial charge on any atom is -0.398 e. The highest BCUT2D eigenvalue weighted by molar-refractivity contribution is 6.00. The van der Waals surface area contributed by atoms with E-state index in [0.29, 0.717) is 13.1 Å². The molecule has 0 fully saturated rings. The number of nitrogens with two attached hydrogens (primary N) is 1. The van der Waals surface area contributed by atoms with Gasteiger partial charge in [-0.2, -0.15) is 0 Å². The number of rotatable bonds is 4. The van der Waals surface area contributed by atoms with E-state index in [-0.39, 0.29) is 6.03 Å². The van der Waals surface area contributed by atoms with Crippen LogP contribution in [-0.2, 0) is 0 Å². The van der Waals surface area contributed by atoms with E-state index in [1.54, 1.807) is 26.5 Å². The van der Waals surface area contributed by atoms with Crippen LogP contribution >= 0.6 is 0 Å². The summed E-state index contributed by atoms with van der Waals surface area (Å²) in [4.78, 5) is 17.0. The molecule has 0 bridgehead atoms. The van der Waals surface area contributed by atoms with Crippen LogP contribution in [0.15, 0.2) is 30.6 Å². The maximum atomic E-state index is 11.4. The zero-order valence-corrected chi connectivity index (χ0v) is 11.7. The molecule has 1 aromatic heterocycles. The number of carbonyl (C=O) groups excluding carboxylic acids is 1. The topological polar surface area (TPSA) is 83.3 Å². The van der Waals surface area contributed by atoms with Gasteiger partial charge < -0.3 is 21.3 Å². The fourth-order valence-corrected chi connectivity index (χ4v) is 1.89. The van der Waals surface area contributed by atoms with Crippen molar-refractivity contribution < 1.29 is 4.79 Å². The van der Waals surface area contributed by atoms with Gasteiger partial charge in [0, 0.05) is 61.7 Å². The molecule has 1 heterocycles. The number of nitrogen functional groups attached to an aromatic ring is 1. The van der Waals surface area contributed by atoms with E-state index in [1.165, 1.54) is 4.90 Å². The summed E-state index contributed by atoms with van der Waals surface area (Å²) in [5.41, 5.74) is 7.62. The summed E-state index contributed by atoms with van der Waals surface area (Å²) in [6, 6.07) is 5.58. The Morgan fingerprint density at radius 1 is 1.25 bits per heavy atom. The molecule has 6 heteroatoms. The highest BCUT2D eigenvalue weighted by Crippen LogP contribution is 2.26. The SMILES string of the molecule is CN(C)C(=O)NCCNc1ccc(N)c2ccncc12. The Labute approximate surface area is 118 Å². The Bertz CT molecular complexity index is 612. The molecule has 0 aliphatic rings. The molecule has 0 radical (unpaired) electrons. The van der Waals surface area contributed by atoms with Gasteiger partial charge in [-0.15, -0.1) is 0 Å². The molecule has 2 rings (SSSR count). The average Bonchev–Trinajstić information content (AvgIpc) is 2.45. The number of benzene rings is 1. The predicted octanol–water partition coefficient (Wildman–Crippen LogP) is 1.50. The largest absolute Gasteiger partial charge is 0.398 e. The number of aromatic nitrogens is 1. The second-order valence-electron chi connectivity index (χ2n) is 4.68.